The number of anilines is 1. The lowest BCUT2D eigenvalue weighted by atomic mass is 10.1. The SMILES string of the molecule is CNc1cc(Br)cc(F)c1-c1ccco1. The van der Waals surface area contributed by atoms with Gasteiger partial charge in [0.1, 0.15) is 11.6 Å². The maximum absolute atomic E-state index is 13.7. The highest BCUT2D eigenvalue weighted by atomic mass is 79.9. The monoisotopic (exact) mass is 269 g/mol. The Balaban J connectivity index is 2.64. The van der Waals surface area contributed by atoms with E-state index in [1.807, 2.05) is 0 Å². The molecule has 1 aromatic carbocycles. The van der Waals surface area contributed by atoms with Crippen LogP contribution in [-0.2, 0) is 0 Å². The molecule has 0 atom stereocenters. The highest BCUT2D eigenvalue weighted by Gasteiger charge is 2.13. The van der Waals surface area contributed by atoms with Crippen molar-refractivity contribution >= 4 is 21.6 Å². The maximum Gasteiger partial charge on any atom is 0.138 e. The predicted molar refractivity (Wildman–Crippen MR) is 61.3 cm³/mol. The Kier molecular flexibility index (Phi) is 2.77. The van der Waals surface area contributed by atoms with E-state index in [1.54, 1.807) is 25.2 Å². The molecule has 2 aromatic rings. The lowest BCUT2D eigenvalue weighted by Gasteiger charge is -2.08. The third-order valence-corrected chi connectivity index (χ3v) is 2.55. The molecule has 0 fully saturated rings. The fraction of sp³-hybridized carbons (Fsp3) is 0.0909. The zero-order valence-corrected chi connectivity index (χ0v) is 9.64. The van der Waals surface area contributed by atoms with Crippen LogP contribution in [0.1, 0.15) is 0 Å². The van der Waals surface area contributed by atoms with E-state index in [0.717, 1.165) is 0 Å². The van der Waals surface area contributed by atoms with Gasteiger partial charge in [-0.05, 0) is 24.3 Å². The molecule has 15 heavy (non-hydrogen) atoms. The second-order valence-corrected chi connectivity index (χ2v) is 3.95. The molecule has 0 aliphatic rings. The highest BCUT2D eigenvalue weighted by molar-refractivity contribution is 9.10. The number of halogens is 2. The van der Waals surface area contributed by atoms with Gasteiger partial charge < -0.3 is 9.73 Å². The summed E-state index contributed by atoms with van der Waals surface area (Å²) < 4.78 is 19.6. The van der Waals surface area contributed by atoms with Gasteiger partial charge in [0, 0.05) is 17.2 Å². The quantitative estimate of drug-likeness (QED) is 0.895. The second kappa shape index (κ2) is 4.06. The summed E-state index contributed by atoms with van der Waals surface area (Å²) in [5, 5.41) is 2.94. The Morgan fingerprint density at radius 3 is 2.80 bits per heavy atom. The predicted octanol–water partition coefficient (Wildman–Crippen LogP) is 3.89. The molecule has 2 rings (SSSR count). The van der Waals surface area contributed by atoms with Gasteiger partial charge in [-0.25, -0.2) is 4.39 Å². The summed E-state index contributed by atoms with van der Waals surface area (Å²) in [4.78, 5) is 0. The molecule has 0 bridgehead atoms. The molecule has 0 aliphatic heterocycles. The van der Waals surface area contributed by atoms with Crippen molar-refractivity contribution in [1.29, 1.82) is 0 Å². The third kappa shape index (κ3) is 1.90. The van der Waals surface area contributed by atoms with Gasteiger partial charge >= 0.3 is 0 Å². The van der Waals surface area contributed by atoms with Crippen molar-refractivity contribution in [1.82, 2.24) is 0 Å². The Labute approximate surface area is 95.2 Å². The molecule has 4 heteroatoms. The summed E-state index contributed by atoms with van der Waals surface area (Å²) in [6.07, 6.45) is 1.52. The maximum atomic E-state index is 13.7. The van der Waals surface area contributed by atoms with Crippen LogP contribution in [0.4, 0.5) is 10.1 Å². The largest absolute Gasteiger partial charge is 0.464 e. The van der Waals surface area contributed by atoms with Crippen molar-refractivity contribution in [3.63, 3.8) is 0 Å². The lowest BCUT2D eigenvalue weighted by molar-refractivity contribution is 0.569. The van der Waals surface area contributed by atoms with Crippen LogP contribution in [0.2, 0.25) is 0 Å². The van der Waals surface area contributed by atoms with Gasteiger partial charge in [0.2, 0.25) is 0 Å². The van der Waals surface area contributed by atoms with Crippen LogP contribution >= 0.6 is 15.9 Å². The van der Waals surface area contributed by atoms with Gasteiger partial charge in [-0.15, -0.1) is 0 Å². The van der Waals surface area contributed by atoms with Crippen molar-refractivity contribution in [3.8, 4) is 11.3 Å². The van der Waals surface area contributed by atoms with Crippen LogP contribution in [0.25, 0.3) is 11.3 Å². The molecule has 0 radical (unpaired) electrons. The molecule has 0 amide bonds. The average molecular weight is 270 g/mol. The summed E-state index contributed by atoms with van der Waals surface area (Å²) in [7, 11) is 1.74. The van der Waals surface area contributed by atoms with Crippen molar-refractivity contribution in [2.75, 3.05) is 12.4 Å². The van der Waals surface area contributed by atoms with Crippen molar-refractivity contribution in [2.24, 2.45) is 0 Å². The molecule has 1 N–H and O–H groups in total. The minimum Gasteiger partial charge on any atom is -0.464 e. The number of furan rings is 1. The van der Waals surface area contributed by atoms with Crippen LogP contribution in [0, 0.1) is 5.82 Å². The molecule has 0 saturated heterocycles. The second-order valence-electron chi connectivity index (χ2n) is 3.04. The molecule has 0 saturated carbocycles. The van der Waals surface area contributed by atoms with Gasteiger partial charge in [-0.2, -0.15) is 0 Å². The fourth-order valence-electron chi connectivity index (χ4n) is 1.44. The Morgan fingerprint density at radius 1 is 1.40 bits per heavy atom. The van der Waals surface area contributed by atoms with Crippen molar-refractivity contribution in [3.05, 3.63) is 40.8 Å². The van der Waals surface area contributed by atoms with E-state index in [9.17, 15) is 4.39 Å². The van der Waals surface area contributed by atoms with E-state index in [2.05, 4.69) is 21.2 Å². The van der Waals surface area contributed by atoms with Crippen LogP contribution in [0.15, 0.2) is 39.4 Å². The van der Waals surface area contributed by atoms with E-state index >= 15 is 0 Å². The summed E-state index contributed by atoms with van der Waals surface area (Å²) in [5.41, 5.74) is 1.14. The zero-order valence-electron chi connectivity index (χ0n) is 8.05. The van der Waals surface area contributed by atoms with Crippen molar-refractivity contribution < 1.29 is 8.81 Å². The van der Waals surface area contributed by atoms with Crippen molar-refractivity contribution in [2.45, 2.75) is 0 Å². The molecule has 2 nitrogen and oxygen atoms in total. The van der Waals surface area contributed by atoms with E-state index in [4.69, 9.17) is 4.42 Å². The Hall–Kier alpha value is -1.29. The number of rotatable bonds is 2. The zero-order chi connectivity index (χ0) is 10.8. The van der Waals surface area contributed by atoms with Gasteiger partial charge in [0.25, 0.3) is 0 Å². The summed E-state index contributed by atoms with van der Waals surface area (Å²) in [6.45, 7) is 0. The molecule has 0 unspecified atom stereocenters. The first-order valence-corrected chi connectivity index (χ1v) is 5.22. The van der Waals surface area contributed by atoms with E-state index in [1.165, 1.54) is 12.3 Å². The molecule has 1 heterocycles. The number of benzene rings is 1. The normalized spacial score (nSPS) is 10.3. The highest BCUT2D eigenvalue weighted by Crippen LogP contribution is 2.33. The van der Waals surface area contributed by atoms with E-state index in [-0.39, 0.29) is 5.82 Å². The molecular formula is C11H9BrFNO. The van der Waals surface area contributed by atoms with E-state index in [0.29, 0.717) is 21.5 Å². The molecule has 78 valence electrons. The van der Waals surface area contributed by atoms with Gasteiger partial charge in [0.05, 0.1) is 11.8 Å². The summed E-state index contributed by atoms with van der Waals surface area (Å²) in [5.74, 6) is 0.202. The van der Waals surface area contributed by atoms with Gasteiger partial charge in [-0.3, -0.25) is 0 Å². The molecule has 0 aliphatic carbocycles. The fourth-order valence-corrected chi connectivity index (χ4v) is 1.87. The van der Waals surface area contributed by atoms with Crippen LogP contribution in [-0.4, -0.2) is 7.05 Å². The average Bonchev–Trinajstić information content (AvgIpc) is 2.69. The molecule has 1 aromatic heterocycles. The number of nitrogens with one attached hydrogen (secondary N) is 1. The van der Waals surface area contributed by atoms with Crippen LogP contribution in [0.5, 0.6) is 0 Å². The number of hydrogen-bond acceptors (Lipinski definition) is 2. The number of hydrogen-bond donors (Lipinski definition) is 1. The molecule has 0 spiro atoms. The Morgan fingerprint density at radius 2 is 2.20 bits per heavy atom. The smallest absolute Gasteiger partial charge is 0.138 e. The first-order chi connectivity index (χ1) is 7.22. The first kappa shape index (κ1) is 10.2. The van der Waals surface area contributed by atoms with Gasteiger partial charge in [0.15, 0.2) is 0 Å². The van der Waals surface area contributed by atoms with Gasteiger partial charge in [-0.1, -0.05) is 15.9 Å². The third-order valence-electron chi connectivity index (χ3n) is 2.09. The molecular weight excluding hydrogens is 261 g/mol. The summed E-state index contributed by atoms with van der Waals surface area (Å²) >= 11 is 3.24. The lowest BCUT2D eigenvalue weighted by Crippen LogP contribution is -1.94. The first-order valence-electron chi connectivity index (χ1n) is 4.43. The topological polar surface area (TPSA) is 25.2 Å². The minimum absolute atomic E-state index is 0.316. The standard InChI is InChI=1S/C11H9BrFNO/c1-14-9-6-7(12)5-8(13)11(9)10-3-2-4-15-10/h2-6,14H,1H3. The Bertz CT molecular complexity index is 468. The van der Waals surface area contributed by atoms with Crippen LogP contribution < -0.4 is 5.32 Å². The van der Waals surface area contributed by atoms with Crippen LogP contribution in [0.3, 0.4) is 0 Å². The summed E-state index contributed by atoms with van der Waals surface area (Å²) in [6, 6.07) is 6.68. The minimum atomic E-state index is -0.316. The van der Waals surface area contributed by atoms with E-state index < -0.39 is 0 Å².